The Labute approximate surface area is 114 Å². The molecule has 2 nitrogen and oxygen atoms in total. The van der Waals surface area contributed by atoms with E-state index in [-0.39, 0.29) is 11.8 Å². The molecule has 1 aromatic rings. The average molecular weight is 269 g/mol. The van der Waals surface area contributed by atoms with Crippen LogP contribution in [0.4, 0.5) is 0 Å². The normalized spacial score (nSPS) is 28.6. The van der Waals surface area contributed by atoms with Crippen LogP contribution >= 0.6 is 11.6 Å². The first-order valence-electron chi connectivity index (χ1n) is 6.53. The lowest BCUT2D eigenvalue weighted by atomic mass is 9.85. The van der Waals surface area contributed by atoms with E-state index in [4.69, 9.17) is 11.6 Å². The first kappa shape index (κ1) is 13.9. The Morgan fingerprint density at radius 1 is 1.22 bits per heavy atom. The fourth-order valence-corrected chi connectivity index (χ4v) is 3.11. The van der Waals surface area contributed by atoms with Gasteiger partial charge in [-0.05, 0) is 56.7 Å². The van der Waals surface area contributed by atoms with Crippen LogP contribution in [0.25, 0.3) is 0 Å². The highest BCUT2D eigenvalue weighted by Crippen LogP contribution is 2.39. The Hall–Kier alpha value is -0.570. The molecule has 1 saturated carbocycles. The van der Waals surface area contributed by atoms with Crippen LogP contribution in [-0.4, -0.2) is 21.9 Å². The number of halogens is 1. The Morgan fingerprint density at radius 3 is 2.33 bits per heavy atom. The SMILES string of the molecule is CC(C)(O)C1CCC(Cc2ccc(Cl)cc2)C1O. The Morgan fingerprint density at radius 2 is 1.83 bits per heavy atom. The first-order chi connectivity index (χ1) is 8.38. The zero-order valence-corrected chi connectivity index (χ0v) is 11.7. The van der Waals surface area contributed by atoms with Crippen molar-refractivity contribution in [2.24, 2.45) is 11.8 Å². The molecule has 18 heavy (non-hydrogen) atoms. The number of aliphatic hydroxyl groups excluding tert-OH is 1. The third-order valence-corrected chi connectivity index (χ3v) is 4.31. The second-order valence-electron chi connectivity index (χ2n) is 5.92. The summed E-state index contributed by atoms with van der Waals surface area (Å²) in [6.45, 7) is 3.57. The zero-order chi connectivity index (χ0) is 13.3. The van der Waals surface area contributed by atoms with Crippen molar-refractivity contribution in [3.05, 3.63) is 34.9 Å². The molecule has 0 heterocycles. The summed E-state index contributed by atoms with van der Waals surface area (Å²) < 4.78 is 0. The van der Waals surface area contributed by atoms with Crippen molar-refractivity contribution in [2.45, 2.75) is 44.8 Å². The lowest BCUT2D eigenvalue weighted by Crippen LogP contribution is -2.38. The summed E-state index contributed by atoms with van der Waals surface area (Å²) in [5.74, 6) is 0.220. The predicted octanol–water partition coefficient (Wildman–Crippen LogP) is 3.04. The maximum Gasteiger partial charge on any atom is 0.0644 e. The smallest absolute Gasteiger partial charge is 0.0644 e. The van der Waals surface area contributed by atoms with E-state index in [9.17, 15) is 10.2 Å². The lowest BCUT2D eigenvalue weighted by Gasteiger charge is -2.29. The van der Waals surface area contributed by atoms with Crippen LogP contribution in [0, 0.1) is 11.8 Å². The van der Waals surface area contributed by atoms with Crippen molar-refractivity contribution >= 4 is 11.6 Å². The van der Waals surface area contributed by atoms with Crippen molar-refractivity contribution in [1.82, 2.24) is 0 Å². The van der Waals surface area contributed by atoms with Crippen LogP contribution in [0.2, 0.25) is 5.02 Å². The summed E-state index contributed by atoms with van der Waals surface area (Å²) in [6.07, 6.45) is 2.30. The van der Waals surface area contributed by atoms with Crippen LogP contribution in [-0.2, 0) is 6.42 Å². The van der Waals surface area contributed by atoms with Crippen molar-refractivity contribution in [1.29, 1.82) is 0 Å². The standard InChI is InChI=1S/C15H21ClO2/c1-15(2,18)13-8-5-11(14(13)17)9-10-3-6-12(16)7-4-10/h3-4,6-7,11,13-14,17-18H,5,8-9H2,1-2H3. The van der Waals surface area contributed by atoms with Gasteiger partial charge in [0.05, 0.1) is 11.7 Å². The Kier molecular flexibility index (Phi) is 4.00. The van der Waals surface area contributed by atoms with Gasteiger partial charge in [-0.25, -0.2) is 0 Å². The van der Waals surface area contributed by atoms with E-state index in [0.29, 0.717) is 0 Å². The van der Waals surface area contributed by atoms with E-state index in [1.807, 2.05) is 24.3 Å². The molecule has 3 atom stereocenters. The molecule has 2 N–H and O–H groups in total. The van der Waals surface area contributed by atoms with Gasteiger partial charge in [-0.15, -0.1) is 0 Å². The maximum absolute atomic E-state index is 10.3. The number of rotatable bonds is 3. The Balaban J connectivity index is 2.02. The molecule has 1 aromatic carbocycles. The fourth-order valence-electron chi connectivity index (χ4n) is 2.98. The van der Waals surface area contributed by atoms with Crippen LogP contribution in [0.15, 0.2) is 24.3 Å². The van der Waals surface area contributed by atoms with Crippen LogP contribution in [0.5, 0.6) is 0 Å². The highest BCUT2D eigenvalue weighted by Gasteiger charge is 2.42. The van der Waals surface area contributed by atoms with Crippen molar-refractivity contribution < 1.29 is 10.2 Å². The Bertz CT molecular complexity index is 394. The number of aliphatic hydroxyl groups is 2. The quantitative estimate of drug-likeness (QED) is 0.885. The molecule has 2 rings (SSSR count). The topological polar surface area (TPSA) is 40.5 Å². The van der Waals surface area contributed by atoms with Gasteiger partial charge in [0.25, 0.3) is 0 Å². The van der Waals surface area contributed by atoms with Crippen molar-refractivity contribution in [3.8, 4) is 0 Å². The van der Waals surface area contributed by atoms with Crippen LogP contribution < -0.4 is 0 Å². The highest BCUT2D eigenvalue weighted by atomic mass is 35.5. The van der Waals surface area contributed by atoms with E-state index in [1.165, 1.54) is 5.56 Å². The van der Waals surface area contributed by atoms with Gasteiger partial charge >= 0.3 is 0 Å². The van der Waals surface area contributed by atoms with E-state index >= 15 is 0 Å². The van der Waals surface area contributed by atoms with Gasteiger partial charge in [0.15, 0.2) is 0 Å². The molecule has 0 amide bonds. The van der Waals surface area contributed by atoms with E-state index in [1.54, 1.807) is 13.8 Å². The summed E-state index contributed by atoms with van der Waals surface area (Å²) in [4.78, 5) is 0. The number of hydrogen-bond donors (Lipinski definition) is 2. The summed E-state index contributed by atoms with van der Waals surface area (Å²) in [5.41, 5.74) is 0.397. The van der Waals surface area contributed by atoms with Crippen molar-refractivity contribution in [3.63, 3.8) is 0 Å². The fraction of sp³-hybridized carbons (Fsp3) is 0.600. The van der Waals surface area contributed by atoms with E-state index in [0.717, 1.165) is 24.3 Å². The molecule has 1 fully saturated rings. The third kappa shape index (κ3) is 3.05. The largest absolute Gasteiger partial charge is 0.392 e. The lowest BCUT2D eigenvalue weighted by molar-refractivity contribution is -0.0420. The van der Waals surface area contributed by atoms with Gasteiger partial charge in [-0.3, -0.25) is 0 Å². The molecular formula is C15H21ClO2. The summed E-state index contributed by atoms with van der Waals surface area (Å²) in [7, 11) is 0. The molecule has 0 aliphatic heterocycles. The number of hydrogen-bond acceptors (Lipinski definition) is 2. The van der Waals surface area contributed by atoms with Gasteiger partial charge < -0.3 is 10.2 Å². The minimum Gasteiger partial charge on any atom is -0.392 e. The molecule has 1 aliphatic carbocycles. The maximum atomic E-state index is 10.3. The van der Waals surface area contributed by atoms with Gasteiger partial charge in [0, 0.05) is 10.9 Å². The van der Waals surface area contributed by atoms with Crippen LogP contribution in [0.3, 0.4) is 0 Å². The first-order valence-corrected chi connectivity index (χ1v) is 6.90. The van der Waals surface area contributed by atoms with Gasteiger partial charge in [0.2, 0.25) is 0 Å². The molecule has 0 bridgehead atoms. The van der Waals surface area contributed by atoms with E-state index < -0.39 is 11.7 Å². The molecule has 0 aromatic heterocycles. The second-order valence-corrected chi connectivity index (χ2v) is 6.36. The minimum absolute atomic E-state index is 0.0187. The monoisotopic (exact) mass is 268 g/mol. The number of benzene rings is 1. The molecule has 100 valence electrons. The molecule has 0 saturated heterocycles. The highest BCUT2D eigenvalue weighted by molar-refractivity contribution is 6.30. The summed E-state index contributed by atoms with van der Waals surface area (Å²) in [6, 6.07) is 7.77. The van der Waals surface area contributed by atoms with Crippen LogP contribution in [0.1, 0.15) is 32.3 Å². The predicted molar refractivity (Wildman–Crippen MR) is 73.7 cm³/mol. The van der Waals surface area contributed by atoms with E-state index in [2.05, 4.69) is 0 Å². The summed E-state index contributed by atoms with van der Waals surface area (Å²) >= 11 is 5.86. The molecule has 3 heteroatoms. The summed E-state index contributed by atoms with van der Waals surface area (Å²) in [5, 5.41) is 21.1. The van der Waals surface area contributed by atoms with Gasteiger partial charge in [0.1, 0.15) is 0 Å². The molecule has 0 spiro atoms. The molecular weight excluding hydrogens is 248 g/mol. The third-order valence-electron chi connectivity index (χ3n) is 4.06. The van der Waals surface area contributed by atoms with Gasteiger partial charge in [-0.1, -0.05) is 23.7 Å². The minimum atomic E-state index is -0.797. The van der Waals surface area contributed by atoms with Gasteiger partial charge in [-0.2, -0.15) is 0 Å². The van der Waals surface area contributed by atoms with Crippen molar-refractivity contribution in [2.75, 3.05) is 0 Å². The molecule has 1 aliphatic rings. The molecule has 0 radical (unpaired) electrons. The zero-order valence-electron chi connectivity index (χ0n) is 10.9. The second kappa shape index (κ2) is 5.20. The average Bonchev–Trinajstić information content (AvgIpc) is 2.63. The molecule has 3 unspecified atom stereocenters.